The number of carbonyl (C=O) groups is 1. The van der Waals surface area contributed by atoms with Gasteiger partial charge in [0.05, 0.1) is 40.4 Å². The fourth-order valence-electron chi connectivity index (χ4n) is 5.10. The first-order valence-corrected chi connectivity index (χ1v) is 10.4. The van der Waals surface area contributed by atoms with Gasteiger partial charge in [0.2, 0.25) is 0 Å². The molecule has 164 valence electrons. The molecule has 7 rings (SSSR count). The van der Waals surface area contributed by atoms with E-state index >= 15 is 0 Å². The van der Waals surface area contributed by atoms with Gasteiger partial charge in [-0.2, -0.15) is 15.5 Å². The van der Waals surface area contributed by atoms with Crippen molar-refractivity contribution in [2.24, 2.45) is 6.98 Å². The molecular weight excluding hydrogens is 420 g/mol. The largest absolute Gasteiger partial charge is 0.465 e. The van der Waals surface area contributed by atoms with Crippen LogP contribution in [0.5, 0.6) is 0 Å². The van der Waals surface area contributed by atoms with Crippen molar-refractivity contribution in [3.8, 4) is 28.6 Å². The molecule has 0 spiro atoms. The number of aryl methyl sites for hydroxylation is 1. The van der Waals surface area contributed by atoms with Crippen LogP contribution < -0.4 is 5.32 Å². The molecule has 10 heteroatoms. The van der Waals surface area contributed by atoms with Gasteiger partial charge in [-0.1, -0.05) is 0 Å². The lowest BCUT2D eigenvalue weighted by molar-refractivity contribution is -0.0829. The van der Waals surface area contributed by atoms with E-state index in [0.29, 0.717) is 47.7 Å². The van der Waals surface area contributed by atoms with Crippen LogP contribution in [0.25, 0.3) is 28.0 Å². The maximum Gasteiger partial charge on any atom is 0.408 e. The van der Waals surface area contributed by atoms with E-state index in [1.54, 1.807) is 22.8 Å². The number of nitrogens with zero attached hydrogens (tertiary/aromatic N) is 7. The predicted molar refractivity (Wildman–Crippen MR) is 118 cm³/mol. The molecule has 3 fully saturated rings. The topological polar surface area (TPSA) is 124 Å². The minimum absolute atomic E-state index is 0.148. The van der Waals surface area contributed by atoms with Gasteiger partial charge in [-0.3, -0.25) is 9.58 Å². The summed E-state index contributed by atoms with van der Waals surface area (Å²) < 4.78 is 25.2. The summed E-state index contributed by atoms with van der Waals surface area (Å²) in [6.07, 6.45) is 4.23. The van der Waals surface area contributed by atoms with Gasteiger partial charge in [0.25, 0.3) is 0 Å². The van der Waals surface area contributed by atoms with Crippen molar-refractivity contribution in [2.75, 3.05) is 13.1 Å². The third-order valence-electron chi connectivity index (χ3n) is 6.52. The van der Waals surface area contributed by atoms with Gasteiger partial charge < -0.3 is 10.4 Å². The fourth-order valence-corrected chi connectivity index (χ4v) is 5.10. The Kier molecular flexibility index (Phi) is 3.42. The molecule has 3 saturated heterocycles. The van der Waals surface area contributed by atoms with E-state index in [4.69, 9.17) is 9.10 Å². The van der Waals surface area contributed by atoms with E-state index in [0.717, 1.165) is 15.8 Å². The fraction of sp³-hybridized carbons (Fsp3) is 0.261. The molecule has 0 aromatic carbocycles. The molecule has 2 atom stereocenters. The van der Waals surface area contributed by atoms with Crippen LogP contribution >= 0.6 is 0 Å². The zero-order chi connectivity index (χ0) is 25.2. The highest BCUT2D eigenvalue weighted by molar-refractivity contribution is 5.81. The highest BCUT2D eigenvalue weighted by atomic mass is 16.4. The highest BCUT2D eigenvalue weighted by Crippen LogP contribution is 2.47. The number of amides is 1. The third-order valence-corrected chi connectivity index (χ3v) is 6.52. The second kappa shape index (κ2) is 6.88. The lowest BCUT2D eigenvalue weighted by atomic mass is 9.71. The monoisotopic (exact) mass is 443 g/mol. The Morgan fingerprint density at radius 2 is 2.30 bits per heavy atom. The smallest absolute Gasteiger partial charge is 0.408 e. The summed E-state index contributed by atoms with van der Waals surface area (Å²) in [5, 5.41) is 31.4. The van der Waals surface area contributed by atoms with Gasteiger partial charge in [0.1, 0.15) is 11.6 Å². The zero-order valence-corrected chi connectivity index (χ0v) is 17.3. The molecule has 4 aromatic heterocycles. The molecule has 33 heavy (non-hydrogen) atoms. The molecule has 7 heterocycles. The second-order valence-electron chi connectivity index (χ2n) is 8.33. The van der Waals surface area contributed by atoms with E-state index in [-0.39, 0.29) is 6.04 Å². The van der Waals surface area contributed by atoms with Gasteiger partial charge in [0, 0.05) is 47.7 Å². The number of pyridine rings is 2. The molecule has 4 aromatic rings. The van der Waals surface area contributed by atoms with Crippen molar-refractivity contribution >= 4 is 11.6 Å². The number of rotatable bonds is 3. The van der Waals surface area contributed by atoms with E-state index in [9.17, 15) is 15.2 Å². The molecule has 2 bridgehead atoms. The van der Waals surface area contributed by atoms with Gasteiger partial charge in [-0.05, 0) is 36.8 Å². The molecule has 3 aliphatic rings. The molecule has 3 aliphatic heterocycles. The molecule has 0 radical (unpaired) electrons. The molecule has 0 aliphatic carbocycles. The lowest BCUT2D eigenvalue weighted by Crippen LogP contribution is -2.75. The van der Waals surface area contributed by atoms with Crippen molar-refractivity contribution in [1.29, 1.82) is 5.26 Å². The van der Waals surface area contributed by atoms with Crippen LogP contribution in [0, 0.1) is 11.3 Å². The standard InChI is InChI=1S/C23H20N8O2/c1-29-12-15(10-26-29)19-7-20-17(3-2-6-30(20)28-19)18-5-4-14(9-24)21(27-18)23-8-16(11-25-13-23)31(23)22(32)33/h2-7,10,12,16,25H,8,11,13H2,1H3,(H,32,33)/i1D3. The van der Waals surface area contributed by atoms with E-state index in [1.165, 1.54) is 17.3 Å². The van der Waals surface area contributed by atoms with E-state index in [1.807, 2.05) is 18.2 Å². The SMILES string of the molecule is [2H]C([2H])([2H])n1cc(-c2cc3c(-c4ccc(C#N)c(C56CNCC(C5)N6C(=O)O)n4)cccn3n2)cn1. The zero-order valence-electron chi connectivity index (χ0n) is 20.3. The Morgan fingerprint density at radius 1 is 1.39 bits per heavy atom. The van der Waals surface area contributed by atoms with Crippen molar-refractivity contribution < 1.29 is 14.0 Å². The Hall–Kier alpha value is -4.23. The quantitative estimate of drug-likeness (QED) is 0.497. The summed E-state index contributed by atoms with van der Waals surface area (Å²) in [4.78, 5) is 18.3. The number of hydrogen-bond acceptors (Lipinski definition) is 6. The molecule has 1 amide bonds. The van der Waals surface area contributed by atoms with Crippen LogP contribution in [-0.2, 0) is 12.5 Å². The number of hydrogen-bond donors (Lipinski definition) is 2. The number of fused-ring (bicyclic) bond motifs is 3. The van der Waals surface area contributed by atoms with Gasteiger partial charge in [-0.15, -0.1) is 0 Å². The van der Waals surface area contributed by atoms with Gasteiger partial charge in [0.15, 0.2) is 0 Å². The molecule has 0 saturated carbocycles. The first-order chi connectivity index (χ1) is 17.2. The Labute approximate surface area is 192 Å². The van der Waals surface area contributed by atoms with Crippen LogP contribution in [0.3, 0.4) is 0 Å². The molecule has 10 nitrogen and oxygen atoms in total. The third kappa shape index (κ3) is 2.76. The predicted octanol–water partition coefficient (Wildman–Crippen LogP) is 2.22. The number of carboxylic acid groups (broad SMARTS) is 1. The first kappa shape index (κ1) is 16.4. The number of aromatic nitrogens is 5. The van der Waals surface area contributed by atoms with Crippen LogP contribution in [-0.4, -0.2) is 59.6 Å². The summed E-state index contributed by atoms with van der Waals surface area (Å²) >= 11 is 0. The van der Waals surface area contributed by atoms with Crippen LogP contribution in [0.15, 0.2) is 48.9 Å². The van der Waals surface area contributed by atoms with E-state index < -0.39 is 18.6 Å². The Balaban J connectivity index is 1.46. The number of piperazine rings is 1. The first-order valence-electron chi connectivity index (χ1n) is 11.9. The summed E-state index contributed by atoms with van der Waals surface area (Å²) in [5.41, 5.74) is 3.02. The van der Waals surface area contributed by atoms with Crippen LogP contribution in [0.1, 0.15) is 21.8 Å². The van der Waals surface area contributed by atoms with Crippen molar-refractivity contribution in [3.63, 3.8) is 0 Å². The van der Waals surface area contributed by atoms with E-state index in [2.05, 4.69) is 21.6 Å². The molecule has 2 N–H and O–H groups in total. The van der Waals surface area contributed by atoms with Crippen molar-refractivity contribution in [1.82, 2.24) is 34.6 Å². The van der Waals surface area contributed by atoms with Gasteiger partial charge in [-0.25, -0.2) is 14.3 Å². The summed E-state index contributed by atoms with van der Waals surface area (Å²) in [6, 6.07) is 11.0. The average molecular weight is 443 g/mol. The van der Waals surface area contributed by atoms with Crippen molar-refractivity contribution in [3.05, 3.63) is 60.2 Å². The normalized spacial score (nSPS) is 23.3. The molecular formula is C23H20N8O2. The number of piperidine rings is 1. The maximum absolute atomic E-state index is 12.0. The minimum Gasteiger partial charge on any atom is -0.465 e. The Morgan fingerprint density at radius 3 is 3.06 bits per heavy atom. The highest BCUT2D eigenvalue weighted by Gasteiger charge is 2.59. The minimum atomic E-state index is -2.39. The summed E-state index contributed by atoms with van der Waals surface area (Å²) in [5.74, 6) is 0. The maximum atomic E-state index is 12.0. The van der Waals surface area contributed by atoms with Crippen molar-refractivity contribution in [2.45, 2.75) is 18.0 Å². The number of nitrogens with one attached hydrogen (secondary N) is 1. The second-order valence-corrected chi connectivity index (χ2v) is 8.33. The lowest BCUT2D eigenvalue weighted by Gasteiger charge is -2.60. The average Bonchev–Trinajstić information content (AvgIpc) is 3.50. The summed E-state index contributed by atoms with van der Waals surface area (Å²) in [6.45, 7) is -1.43. The summed E-state index contributed by atoms with van der Waals surface area (Å²) in [7, 11) is 0. The van der Waals surface area contributed by atoms with Gasteiger partial charge >= 0.3 is 6.09 Å². The number of nitriles is 1. The van der Waals surface area contributed by atoms with Crippen LogP contribution in [0.4, 0.5) is 4.79 Å². The van der Waals surface area contributed by atoms with Crippen LogP contribution in [0.2, 0.25) is 0 Å². The Bertz CT molecular complexity index is 1570. The molecule has 2 unspecified atom stereocenters.